The molecule has 0 radical (unpaired) electrons. The minimum Gasteiger partial charge on any atom is -0.482 e. The van der Waals surface area contributed by atoms with Gasteiger partial charge in [0.1, 0.15) is 5.75 Å². The summed E-state index contributed by atoms with van der Waals surface area (Å²) in [6.07, 6.45) is 0. The van der Waals surface area contributed by atoms with Gasteiger partial charge in [-0.05, 0) is 61.4 Å². The first-order valence-electron chi connectivity index (χ1n) is 10.1. The predicted octanol–water partition coefficient (Wildman–Crippen LogP) is 4.42. The summed E-state index contributed by atoms with van der Waals surface area (Å²) in [6, 6.07) is 17.6. The average Bonchev–Trinajstić information content (AvgIpc) is 2.80. The third-order valence-corrected chi connectivity index (χ3v) is 5.29. The Morgan fingerprint density at radius 2 is 1.81 bits per heavy atom. The van der Waals surface area contributed by atoms with E-state index in [0.717, 1.165) is 16.8 Å². The highest BCUT2D eigenvalue weighted by Gasteiger charge is 2.20. The first-order valence-corrected chi connectivity index (χ1v) is 10.1. The van der Waals surface area contributed by atoms with Gasteiger partial charge in [-0.2, -0.15) is 0 Å². The topological polar surface area (TPSA) is 93.7 Å². The van der Waals surface area contributed by atoms with Gasteiger partial charge in [0.05, 0.1) is 16.9 Å². The van der Waals surface area contributed by atoms with Crippen molar-refractivity contribution in [2.45, 2.75) is 13.8 Å². The third kappa shape index (κ3) is 4.46. The molecule has 3 aromatic rings. The number of benzene rings is 3. The number of ketones is 1. The Hall–Kier alpha value is -4.13. The zero-order chi connectivity index (χ0) is 22.7. The highest BCUT2D eigenvalue weighted by atomic mass is 16.5. The molecular formula is C25H22N2O5. The molecule has 0 spiro atoms. The van der Waals surface area contributed by atoms with Crippen molar-refractivity contribution in [3.63, 3.8) is 0 Å². The summed E-state index contributed by atoms with van der Waals surface area (Å²) in [6.45, 7) is 3.53. The SMILES string of the molecule is Cc1cccc(Nc2ccccc2C(=O)OCC(=O)c2ccc3c(c2)NC(=O)CO3)c1C. The van der Waals surface area contributed by atoms with Gasteiger partial charge in [-0.1, -0.05) is 24.3 Å². The van der Waals surface area contributed by atoms with Crippen molar-refractivity contribution < 1.29 is 23.9 Å². The molecule has 0 atom stereocenters. The smallest absolute Gasteiger partial charge is 0.340 e. The van der Waals surface area contributed by atoms with Gasteiger partial charge in [0.2, 0.25) is 0 Å². The molecule has 7 heteroatoms. The third-order valence-electron chi connectivity index (χ3n) is 5.29. The normalized spacial score (nSPS) is 12.2. The molecule has 1 aliphatic rings. The molecule has 0 saturated carbocycles. The first-order chi connectivity index (χ1) is 15.4. The van der Waals surface area contributed by atoms with Crippen LogP contribution in [0.3, 0.4) is 0 Å². The number of esters is 1. The number of hydrogen-bond donors (Lipinski definition) is 2. The summed E-state index contributed by atoms with van der Waals surface area (Å²) in [5.74, 6) is -0.798. The van der Waals surface area contributed by atoms with E-state index in [-0.39, 0.29) is 18.3 Å². The number of amides is 1. The lowest BCUT2D eigenvalue weighted by Crippen LogP contribution is -2.25. The molecule has 32 heavy (non-hydrogen) atoms. The van der Waals surface area contributed by atoms with Crippen LogP contribution in [-0.2, 0) is 9.53 Å². The Labute approximate surface area is 185 Å². The number of anilines is 3. The van der Waals surface area contributed by atoms with Crippen LogP contribution in [0.25, 0.3) is 0 Å². The number of carbonyl (C=O) groups excluding carboxylic acids is 3. The highest BCUT2D eigenvalue weighted by molar-refractivity contribution is 6.03. The molecule has 1 aliphatic heterocycles. The van der Waals surface area contributed by atoms with Crippen LogP contribution in [0.1, 0.15) is 31.8 Å². The standard InChI is InChI=1S/C25H22N2O5/c1-15-6-5-9-19(16(15)2)26-20-8-4-3-7-18(20)25(30)32-13-22(28)17-10-11-23-21(12-17)27-24(29)14-31-23/h3-12,26H,13-14H2,1-2H3,(H,27,29). The number of hydrogen-bond acceptors (Lipinski definition) is 6. The van der Waals surface area contributed by atoms with E-state index in [9.17, 15) is 14.4 Å². The maximum Gasteiger partial charge on any atom is 0.340 e. The number of Topliss-reactive ketones (excluding diaryl/α,β-unsaturated/α-hetero) is 1. The maximum atomic E-state index is 12.7. The average molecular weight is 430 g/mol. The zero-order valence-electron chi connectivity index (χ0n) is 17.7. The fourth-order valence-corrected chi connectivity index (χ4v) is 3.35. The second-order valence-corrected chi connectivity index (χ2v) is 7.47. The van der Waals surface area contributed by atoms with E-state index in [4.69, 9.17) is 9.47 Å². The van der Waals surface area contributed by atoms with Gasteiger partial charge in [0.15, 0.2) is 19.0 Å². The molecule has 1 heterocycles. The molecule has 0 fully saturated rings. The largest absolute Gasteiger partial charge is 0.482 e. The Bertz CT molecular complexity index is 1220. The molecule has 2 N–H and O–H groups in total. The number of nitrogens with one attached hydrogen (secondary N) is 2. The highest BCUT2D eigenvalue weighted by Crippen LogP contribution is 2.29. The van der Waals surface area contributed by atoms with Crippen LogP contribution < -0.4 is 15.4 Å². The van der Waals surface area contributed by atoms with E-state index in [1.54, 1.807) is 30.3 Å². The summed E-state index contributed by atoms with van der Waals surface area (Å²) in [5, 5.41) is 5.93. The molecule has 162 valence electrons. The van der Waals surface area contributed by atoms with Crippen molar-refractivity contribution in [3.05, 3.63) is 82.9 Å². The molecule has 0 aromatic heterocycles. The van der Waals surface area contributed by atoms with Crippen LogP contribution in [-0.4, -0.2) is 30.9 Å². The predicted molar refractivity (Wildman–Crippen MR) is 121 cm³/mol. The number of ether oxygens (including phenoxy) is 2. The fraction of sp³-hybridized carbons (Fsp3) is 0.160. The van der Waals surface area contributed by atoms with Crippen LogP contribution in [0.5, 0.6) is 5.75 Å². The van der Waals surface area contributed by atoms with Crippen LogP contribution in [0, 0.1) is 13.8 Å². The summed E-state index contributed by atoms with van der Waals surface area (Å²) in [5.41, 5.74) is 4.74. The van der Waals surface area contributed by atoms with E-state index in [1.807, 2.05) is 38.1 Å². The van der Waals surface area contributed by atoms with Crippen LogP contribution in [0.2, 0.25) is 0 Å². The van der Waals surface area contributed by atoms with E-state index in [0.29, 0.717) is 28.3 Å². The lowest BCUT2D eigenvalue weighted by Gasteiger charge is -2.18. The Balaban J connectivity index is 1.46. The first kappa shape index (κ1) is 21.1. The molecule has 1 amide bonds. The lowest BCUT2D eigenvalue weighted by atomic mass is 10.1. The summed E-state index contributed by atoms with van der Waals surface area (Å²) < 4.78 is 10.6. The van der Waals surface area contributed by atoms with E-state index in [2.05, 4.69) is 10.6 Å². The van der Waals surface area contributed by atoms with Gasteiger partial charge >= 0.3 is 5.97 Å². The Kier molecular flexibility index (Phi) is 5.89. The minimum absolute atomic E-state index is 0.0621. The van der Waals surface area contributed by atoms with Crippen molar-refractivity contribution >= 4 is 34.7 Å². The van der Waals surface area contributed by atoms with Crippen molar-refractivity contribution in [1.82, 2.24) is 0 Å². The molecule has 3 aromatic carbocycles. The van der Waals surface area contributed by atoms with Crippen molar-refractivity contribution in [1.29, 1.82) is 0 Å². The summed E-state index contributed by atoms with van der Waals surface area (Å²) >= 11 is 0. The maximum absolute atomic E-state index is 12.7. The summed E-state index contributed by atoms with van der Waals surface area (Å²) in [7, 11) is 0. The fourth-order valence-electron chi connectivity index (χ4n) is 3.35. The van der Waals surface area contributed by atoms with Crippen LogP contribution >= 0.6 is 0 Å². The van der Waals surface area contributed by atoms with Crippen LogP contribution in [0.15, 0.2) is 60.7 Å². The van der Waals surface area contributed by atoms with E-state index >= 15 is 0 Å². The van der Waals surface area contributed by atoms with Gasteiger partial charge in [-0.15, -0.1) is 0 Å². The molecule has 7 nitrogen and oxygen atoms in total. The number of aryl methyl sites for hydroxylation is 1. The molecule has 0 aliphatic carbocycles. The number of rotatable bonds is 6. The van der Waals surface area contributed by atoms with Crippen molar-refractivity contribution in [3.8, 4) is 5.75 Å². The Morgan fingerprint density at radius 1 is 1.03 bits per heavy atom. The van der Waals surface area contributed by atoms with Gasteiger partial charge < -0.3 is 20.1 Å². The van der Waals surface area contributed by atoms with Gasteiger partial charge in [-0.25, -0.2) is 4.79 Å². The van der Waals surface area contributed by atoms with E-state index in [1.165, 1.54) is 6.07 Å². The van der Waals surface area contributed by atoms with Crippen molar-refractivity contribution in [2.24, 2.45) is 0 Å². The molecule has 0 bridgehead atoms. The number of carbonyl (C=O) groups is 3. The van der Waals surface area contributed by atoms with Crippen LogP contribution in [0.4, 0.5) is 17.1 Å². The summed E-state index contributed by atoms with van der Waals surface area (Å²) in [4.78, 5) is 36.8. The quantitative estimate of drug-likeness (QED) is 0.444. The lowest BCUT2D eigenvalue weighted by molar-refractivity contribution is -0.118. The van der Waals surface area contributed by atoms with Gasteiger partial charge in [0.25, 0.3) is 5.91 Å². The second-order valence-electron chi connectivity index (χ2n) is 7.47. The monoisotopic (exact) mass is 430 g/mol. The number of para-hydroxylation sites is 1. The molecule has 0 unspecified atom stereocenters. The van der Waals surface area contributed by atoms with E-state index < -0.39 is 12.6 Å². The van der Waals surface area contributed by atoms with Gasteiger partial charge in [-0.3, -0.25) is 9.59 Å². The molecular weight excluding hydrogens is 408 g/mol. The van der Waals surface area contributed by atoms with Crippen molar-refractivity contribution in [2.75, 3.05) is 23.8 Å². The molecule has 4 rings (SSSR count). The van der Waals surface area contributed by atoms with Gasteiger partial charge in [0, 0.05) is 11.3 Å². The zero-order valence-corrected chi connectivity index (χ0v) is 17.7. The number of fused-ring (bicyclic) bond motifs is 1. The second kappa shape index (κ2) is 8.93. The minimum atomic E-state index is -0.610. The molecule has 0 saturated heterocycles. The Morgan fingerprint density at radius 3 is 2.66 bits per heavy atom.